The second-order valence-corrected chi connectivity index (χ2v) is 5.15. The number of hydrogen-bond acceptors (Lipinski definition) is 4. The van der Waals surface area contributed by atoms with Gasteiger partial charge in [-0.25, -0.2) is 0 Å². The lowest BCUT2D eigenvalue weighted by molar-refractivity contribution is -0.149. The Balaban J connectivity index is 2.56. The number of aryl methyl sites for hydroxylation is 1. The number of esters is 1. The molecule has 0 saturated heterocycles. The maximum Gasteiger partial charge on any atom is 0.325 e. The van der Waals surface area contributed by atoms with Gasteiger partial charge < -0.3 is 15.4 Å². The Bertz CT molecular complexity index is 413. The molecule has 0 saturated carbocycles. The number of carbonyl (C=O) groups is 1. The molecule has 1 aromatic carbocycles. The minimum Gasteiger partial charge on any atom is -0.465 e. The number of nitrogens with zero attached hydrogens (tertiary/aromatic N) is 1. The molecular weight excluding hydrogens is 240 g/mol. The van der Waals surface area contributed by atoms with Crippen molar-refractivity contribution in [2.24, 2.45) is 5.73 Å². The SMILES string of the molecule is CCOC(=O)C(C)(N)CCN(C)c1ccc(C)cc1. The molecule has 0 bridgehead atoms. The predicted octanol–water partition coefficient (Wildman–Crippen LogP) is 2.10. The summed E-state index contributed by atoms with van der Waals surface area (Å²) in [4.78, 5) is 13.8. The zero-order valence-electron chi connectivity index (χ0n) is 12.3. The molecule has 19 heavy (non-hydrogen) atoms. The van der Waals surface area contributed by atoms with Gasteiger partial charge in [-0.15, -0.1) is 0 Å². The van der Waals surface area contributed by atoms with Crippen LogP contribution in [-0.4, -0.2) is 31.7 Å². The van der Waals surface area contributed by atoms with Crippen LogP contribution < -0.4 is 10.6 Å². The Morgan fingerprint density at radius 1 is 1.37 bits per heavy atom. The maximum absolute atomic E-state index is 11.7. The number of hydrogen-bond donors (Lipinski definition) is 1. The van der Waals surface area contributed by atoms with Gasteiger partial charge in [0.25, 0.3) is 0 Å². The van der Waals surface area contributed by atoms with Crippen LogP contribution >= 0.6 is 0 Å². The van der Waals surface area contributed by atoms with Gasteiger partial charge in [0.05, 0.1) is 6.61 Å². The summed E-state index contributed by atoms with van der Waals surface area (Å²) in [5, 5.41) is 0. The highest BCUT2D eigenvalue weighted by Crippen LogP contribution is 2.16. The third-order valence-electron chi connectivity index (χ3n) is 3.18. The van der Waals surface area contributed by atoms with Crippen molar-refractivity contribution in [2.75, 3.05) is 25.1 Å². The number of nitrogens with two attached hydrogens (primary N) is 1. The van der Waals surface area contributed by atoms with Gasteiger partial charge in [0.2, 0.25) is 0 Å². The standard InChI is InChI=1S/C15H24N2O2/c1-5-19-14(18)15(3,16)10-11-17(4)13-8-6-12(2)7-9-13/h6-9H,5,10-11,16H2,1-4H3. The average Bonchev–Trinajstić information content (AvgIpc) is 2.37. The van der Waals surface area contributed by atoms with Gasteiger partial charge in [0, 0.05) is 19.3 Å². The smallest absolute Gasteiger partial charge is 0.325 e. The van der Waals surface area contributed by atoms with Crippen molar-refractivity contribution in [3.05, 3.63) is 29.8 Å². The molecule has 1 atom stereocenters. The van der Waals surface area contributed by atoms with Gasteiger partial charge >= 0.3 is 5.97 Å². The first-order valence-corrected chi connectivity index (χ1v) is 6.60. The normalized spacial score (nSPS) is 13.7. The van der Waals surface area contributed by atoms with Crippen molar-refractivity contribution in [3.63, 3.8) is 0 Å². The fourth-order valence-corrected chi connectivity index (χ4v) is 1.73. The monoisotopic (exact) mass is 264 g/mol. The average molecular weight is 264 g/mol. The summed E-state index contributed by atoms with van der Waals surface area (Å²) >= 11 is 0. The van der Waals surface area contributed by atoms with E-state index in [1.165, 1.54) is 5.56 Å². The first-order valence-electron chi connectivity index (χ1n) is 6.60. The highest BCUT2D eigenvalue weighted by atomic mass is 16.5. The summed E-state index contributed by atoms with van der Waals surface area (Å²) in [6.07, 6.45) is 0.552. The van der Waals surface area contributed by atoms with Gasteiger partial charge in [0.1, 0.15) is 5.54 Å². The van der Waals surface area contributed by atoms with Crippen LogP contribution in [0.25, 0.3) is 0 Å². The molecule has 0 aliphatic carbocycles. The van der Waals surface area contributed by atoms with E-state index in [0.29, 0.717) is 19.6 Å². The zero-order valence-corrected chi connectivity index (χ0v) is 12.3. The molecule has 1 unspecified atom stereocenters. The summed E-state index contributed by atoms with van der Waals surface area (Å²) in [5.74, 6) is -0.340. The molecule has 1 rings (SSSR count). The lowest BCUT2D eigenvalue weighted by Crippen LogP contribution is -2.48. The van der Waals surface area contributed by atoms with Gasteiger partial charge in [0.15, 0.2) is 0 Å². The maximum atomic E-state index is 11.7. The molecule has 0 spiro atoms. The van der Waals surface area contributed by atoms with Crippen molar-refractivity contribution >= 4 is 11.7 Å². The van der Waals surface area contributed by atoms with E-state index in [1.54, 1.807) is 13.8 Å². The van der Waals surface area contributed by atoms with Gasteiger partial charge in [-0.3, -0.25) is 4.79 Å². The van der Waals surface area contributed by atoms with Gasteiger partial charge in [-0.2, -0.15) is 0 Å². The van der Waals surface area contributed by atoms with Crippen molar-refractivity contribution in [2.45, 2.75) is 32.7 Å². The Morgan fingerprint density at radius 3 is 2.47 bits per heavy atom. The molecule has 0 aromatic heterocycles. The number of benzene rings is 1. The van der Waals surface area contributed by atoms with Crippen molar-refractivity contribution in [3.8, 4) is 0 Å². The van der Waals surface area contributed by atoms with Crippen LogP contribution in [0.5, 0.6) is 0 Å². The number of carbonyl (C=O) groups excluding carboxylic acids is 1. The first-order chi connectivity index (χ1) is 8.86. The minimum atomic E-state index is -0.936. The van der Waals surface area contributed by atoms with Gasteiger partial charge in [-0.05, 0) is 39.3 Å². The van der Waals surface area contributed by atoms with Crippen molar-refractivity contribution in [1.82, 2.24) is 0 Å². The first kappa shape index (κ1) is 15.5. The summed E-state index contributed by atoms with van der Waals surface area (Å²) in [5.41, 5.74) is 7.41. The zero-order chi connectivity index (χ0) is 14.5. The molecule has 0 radical (unpaired) electrons. The molecule has 0 heterocycles. The molecule has 0 aliphatic heterocycles. The molecule has 0 fully saturated rings. The summed E-state index contributed by atoms with van der Waals surface area (Å²) < 4.78 is 4.98. The Morgan fingerprint density at radius 2 is 1.95 bits per heavy atom. The molecule has 4 heteroatoms. The van der Waals surface area contributed by atoms with Crippen LogP contribution in [0, 0.1) is 6.92 Å². The number of anilines is 1. The number of ether oxygens (including phenoxy) is 1. The second kappa shape index (κ2) is 6.57. The van der Waals surface area contributed by atoms with Crippen molar-refractivity contribution < 1.29 is 9.53 Å². The minimum absolute atomic E-state index is 0.340. The molecule has 4 nitrogen and oxygen atoms in total. The third kappa shape index (κ3) is 4.56. The Labute approximate surface area is 115 Å². The van der Waals surface area contributed by atoms with E-state index in [2.05, 4.69) is 36.1 Å². The summed E-state index contributed by atoms with van der Waals surface area (Å²) in [6, 6.07) is 8.26. The van der Waals surface area contributed by atoms with Crippen LogP contribution in [-0.2, 0) is 9.53 Å². The van der Waals surface area contributed by atoms with Crippen LogP contribution in [0.2, 0.25) is 0 Å². The highest BCUT2D eigenvalue weighted by molar-refractivity contribution is 5.80. The third-order valence-corrected chi connectivity index (χ3v) is 3.18. The predicted molar refractivity (Wildman–Crippen MR) is 78.3 cm³/mol. The molecule has 2 N–H and O–H groups in total. The number of rotatable bonds is 6. The van der Waals surface area contributed by atoms with E-state index >= 15 is 0 Å². The van der Waals surface area contributed by atoms with E-state index < -0.39 is 5.54 Å². The van der Waals surface area contributed by atoms with Crippen molar-refractivity contribution in [1.29, 1.82) is 0 Å². The Hall–Kier alpha value is -1.55. The molecular formula is C15H24N2O2. The van der Waals surface area contributed by atoms with Gasteiger partial charge in [-0.1, -0.05) is 17.7 Å². The fourth-order valence-electron chi connectivity index (χ4n) is 1.73. The Kier molecular flexibility index (Phi) is 5.36. The van der Waals surface area contributed by atoms with E-state index in [0.717, 1.165) is 5.69 Å². The summed E-state index contributed by atoms with van der Waals surface area (Å²) in [7, 11) is 1.99. The van der Waals surface area contributed by atoms with Crippen LogP contribution in [0.3, 0.4) is 0 Å². The van der Waals surface area contributed by atoms with Crippen LogP contribution in [0.4, 0.5) is 5.69 Å². The molecule has 106 valence electrons. The molecule has 0 aliphatic rings. The van der Waals surface area contributed by atoms with E-state index in [1.807, 2.05) is 7.05 Å². The van der Waals surface area contributed by atoms with Crippen LogP contribution in [0.1, 0.15) is 25.8 Å². The fraction of sp³-hybridized carbons (Fsp3) is 0.533. The lowest BCUT2D eigenvalue weighted by Gasteiger charge is -2.26. The lowest BCUT2D eigenvalue weighted by atomic mass is 9.99. The summed E-state index contributed by atoms with van der Waals surface area (Å²) in [6.45, 7) is 6.62. The second-order valence-electron chi connectivity index (χ2n) is 5.15. The molecule has 1 aromatic rings. The largest absolute Gasteiger partial charge is 0.465 e. The highest BCUT2D eigenvalue weighted by Gasteiger charge is 2.29. The quantitative estimate of drug-likeness (QED) is 0.799. The topological polar surface area (TPSA) is 55.6 Å². The van der Waals surface area contributed by atoms with E-state index in [-0.39, 0.29) is 5.97 Å². The van der Waals surface area contributed by atoms with Crippen LogP contribution in [0.15, 0.2) is 24.3 Å². The van der Waals surface area contributed by atoms with E-state index in [9.17, 15) is 4.79 Å². The van der Waals surface area contributed by atoms with E-state index in [4.69, 9.17) is 10.5 Å². The molecule has 0 amide bonds.